The first kappa shape index (κ1) is 17.3. The van der Waals surface area contributed by atoms with E-state index in [9.17, 15) is 13.6 Å². The standard InChI is InChI=1S/C16H18F2N4O3/c1-22(7-10-5-6-19-21-10)16(23)12-8-25-14(20-12)9-24-13-4-2-3-11(17)15(13)18/h2-4,8,10,19,21H,5-7,9H2,1H3. The van der Waals surface area contributed by atoms with Crippen LogP contribution in [-0.4, -0.2) is 42.0 Å². The Bertz CT molecular complexity index is 747. The summed E-state index contributed by atoms with van der Waals surface area (Å²) in [4.78, 5) is 17.9. The normalized spacial score (nSPS) is 16.8. The lowest BCUT2D eigenvalue weighted by Crippen LogP contribution is -2.41. The average Bonchev–Trinajstić information content (AvgIpc) is 3.27. The Morgan fingerprint density at radius 3 is 3.08 bits per heavy atom. The summed E-state index contributed by atoms with van der Waals surface area (Å²) in [6.45, 7) is 1.17. The highest BCUT2D eigenvalue weighted by molar-refractivity contribution is 5.91. The molecule has 1 aliphatic heterocycles. The summed E-state index contributed by atoms with van der Waals surface area (Å²) in [6.07, 6.45) is 2.15. The number of rotatable bonds is 6. The maximum atomic E-state index is 13.5. The van der Waals surface area contributed by atoms with Gasteiger partial charge < -0.3 is 14.1 Å². The summed E-state index contributed by atoms with van der Waals surface area (Å²) in [5.41, 5.74) is 6.21. The predicted molar refractivity (Wildman–Crippen MR) is 83.7 cm³/mol. The third kappa shape index (κ3) is 4.12. The Balaban J connectivity index is 1.57. The van der Waals surface area contributed by atoms with E-state index in [0.29, 0.717) is 6.54 Å². The first-order valence-electron chi connectivity index (χ1n) is 7.79. The summed E-state index contributed by atoms with van der Waals surface area (Å²) < 4.78 is 37.0. The molecule has 1 fully saturated rings. The lowest BCUT2D eigenvalue weighted by Gasteiger charge is -2.19. The molecule has 2 heterocycles. The summed E-state index contributed by atoms with van der Waals surface area (Å²) in [5, 5.41) is 0. The van der Waals surface area contributed by atoms with Crippen molar-refractivity contribution in [3.05, 3.63) is 47.7 Å². The quantitative estimate of drug-likeness (QED) is 0.820. The minimum Gasteiger partial charge on any atom is -0.481 e. The van der Waals surface area contributed by atoms with Crippen LogP contribution in [-0.2, 0) is 6.61 Å². The van der Waals surface area contributed by atoms with Gasteiger partial charge in [0.15, 0.2) is 23.9 Å². The minimum absolute atomic E-state index is 0.0982. The summed E-state index contributed by atoms with van der Waals surface area (Å²) in [6, 6.07) is 3.80. The highest BCUT2D eigenvalue weighted by Gasteiger charge is 2.22. The lowest BCUT2D eigenvalue weighted by molar-refractivity contribution is 0.0777. The van der Waals surface area contributed by atoms with Gasteiger partial charge in [-0.1, -0.05) is 6.07 Å². The second-order valence-corrected chi connectivity index (χ2v) is 5.71. The Morgan fingerprint density at radius 1 is 1.48 bits per heavy atom. The number of hydrazine groups is 1. The zero-order valence-corrected chi connectivity index (χ0v) is 13.6. The number of aromatic nitrogens is 1. The number of nitrogens with zero attached hydrogens (tertiary/aromatic N) is 2. The number of nitrogens with one attached hydrogen (secondary N) is 2. The van der Waals surface area contributed by atoms with Gasteiger partial charge in [-0.25, -0.2) is 9.37 Å². The van der Waals surface area contributed by atoms with E-state index in [0.717, 1.165) is 19.0 Å². The van der Waals surface area contributed by atoms with Crippen LogP contribution in [0.1, 0.15) is 22.8 Å². The molecule has 25 heavy (non-hydrogen) atoms. The number of carbonyl (C=O) groups excluding carboxylic acids is 1. The molecule has 2 aromatic rings. The van der Waals surface area contributed by atoms with Crippen LogP contribution in [0.3, 0.4) is 0 Å². The van der Waals surface area contributed by atoms with Crippen molar-refractivity contribution in [2.75, 3.05) is 20.1 Å². The zero-order chi connectivity index (χ0) is 17.8. The highest BCUT2D eigenvalue weighted by Crippen LogP contribution is 2.20. The maximum absolute atomic E-state index is 13.5. The van der Waals surface area contributed by atoms with Crippen LogP contribution in [0.5, 0.6) is 5.75 Å². The van der Waals surface area contributed by atoms with E-state index in [-0.39, 0.29) is 35.9 Å². The molecule has 7 nitrogen and oxygen atoms in total. The molecule has 1 amide bonds. The summed E-state index contributed by atoms with van der Waals surface area (Å²) in [7, 11) is 1.68. The van der Waals surface area contributed by atoms with Gasteiger partial charge in [0.25, 0.3) is 5.91 Å². The first-order chi connectivity index (χ1) is 12.0. The fourth-order valence-corrected chi connectivity index (χ4v) is 2.49. The van der Waals surface area contributed by atoms with E-state index in [1.165, 1.54) is 18.4 Å². The molecule has 0 saturated carbocycles. The van der Waals surface area contributed by atoms with Crippen LogP contribution >= 0.6 is 0 Å². The molecular weight excluding hydrogens is 334 g/mol. The van der Waals surface area contributed by atoms with Gasteiger partial charge in [-0.2, -0.15) is 4.39 Å². The molecule has 2 N–H and O–H groups in total. The fourth-order valence-electron chi connectivity index (χ4n) is 2.49. The fraction of sp³-hybridized carbons (Fsp3) is 0.375. The van der Waals surface area contributed by atoms with E-state index in [1.807, 2.05) is 0 Å². The van der Waals surface area contributed by atoms with E-state index in [2.05, 4.69) is 15.8 Å². The van der Waals surface area contributed by atoms with Crippen molar-refractivity contribution in [2.45, 2.75) is 19.1 Å². The Labute approximate surface area is 142 Å². The second kappa shape index (κ2) is 7.58. The average molecular weight is 352 g/mol. The third-order valence-electron chi connectivity index (χ3n) is 3.80. The number of amides is 1. The van der Waals surface area contributed by atoms with E-state index >= 15 is 0 Å². The van der Waals surface area contributed by atoms with Crippen molar-refractivity contribution in [3.63, 3.8) is 0 Å². The van der Waals surface area contributed by atoms with E-state index in [1.54, 1.807) is 11.9 Å². The molecule has 134 valence electrons. The number of hydrogen-bond acceptors (Lipinski definition) is 6. The molecule has 1 saturated heterocycles. The largest absolute Gasteiger partial charge is 0.481 e. The molecule has 0 spiro atoms. The molecule has 1 aromatic carbocycles. The molecule has 0 radical (unpaired) electrons. The molecule has 9 heteroatoms. The molecule has 1 aliphatic rings. The molecule has 1 atom stereocenters. The van der Waals surface area contributed by atoms with Crippen molar-refractivity contribution in [3.8, 4) is 5.75 Å². The van der Waals surface area contributed by atoms with Gasteiger partial charge in [0.1, 0.15) is 6.26 Å². The van der Waals surface area contributed by atoms with Gasteiger partial charge >= 0.3 is 0 Å². The van der Waals surface area contributed by atoms with Gasteiger partial charge in [-0.3, -0.25) is 15.6 Å². The van der Waals surface area contributed by atoms with Crippen LogP contribution in [0.15, 0.2) is 28.9 Å². The monoisotopic (exact) mass is 352 g/mol. The van der Waals surface area contributed by atoms with Gasteiger partial charge in [-0.05, 0) is 18.6 Å². The smallest absolute Gasteiger partial charge is 0.275 e. The Morgan fingerprint density at radius 2 is 2.32 bits per heavy atom. The third-order valence-corrected chi connectivity index (χ3v) is 3.80. The van der Waals surface area contributed by atoms with Crippen LogP contribution in [0.2, 0.25) is 0 Å². The predicted octanol–water partition coefficient (Wildman–Crippen LogP) is 1.47. The lowest BCUT2D eigenvalue weighted by atomic mass is 10.2. The summed E-state index contributed by atoms with van der Waals surface area (Å²) in [5.74, 6) is -2.52. The van der Waals surface area contributed by atoms with Crippen molar-refractivity contribution in [2.24, 2.45) is 0 Å². The van der Waals surface area contributed by atoms with E-state index in [4.69, 9.17) is 9.15 Å². The van der Waals surface area contributed by atoms with Gasteiger partial charge in [0.2, 0.25) is 11.7 Å². The molecule has 3 rings (SSSR count). The zero-order valence-electron chi connectivity index (χ0n) is 13.6. The molecule has 0 aliphatic carbocycles. The van der Waals surface area contributed by atoms with Crippen molar-refractivity contribution < 1.29 is 22.7 Å². The van der Waals surface area contributed by atoms with Gasteiger partial charge in [0, 0.05) is 26.2 Å². The summed E-state index contributed by atoms with van der Waals surface area (Å²) >= 11 is 0. The van der Waals surface area contributed by atoms with Crippen LogP contribution < -0.4 is 15.6 Å². The molecule has 1 unspecified atom stereocenters. The van der Waals surface area contributed by atoms with Crippen molar-refractivity contribution in [1.29, 1.82) is 0 Å². The van der Waals surface area contributed by atoms with Crippen LogP contribution in [0.4, 0.5) is 8.78 Å². The number of hydrogen-bond donors (Lipinski definition) is 2. The maximum Gasteiger partial charge on any atom is 0.275 e. The minimum atomic E-state index is -1.08. The highest BCUT2D eigenvalue weighted by atomic mass is 19.2. The number of halogens is 2. The van der Waals surface area contributed by atoms with E-state index < -0.39 is 11.6 Å². The molecule has 1 aromatic heterocycles. The first-order valence-corrected chi connectivity index (χ1v) is 7.79. The molecule has 0 bridgehead atoms. The van der Waals surface area contributed by atoms with Crippen molar-refractivity contribution >= 4 is 5.91 Å². The van der Waals surface area contributed by atoms with Gasteiger partial charge in [0.05, 0.1) is 0 Å². The number of benzene rings is 1. The number of ether oxygens (including phenoxy) is 1. The number of carbonyl (C=O) groups is 1. The number of likely N-dealkylation sites (N-methyl/N-ethyl adjacent to an activating group) is 1. The van der Waals surface area contributed by atoms with Gasteiger partial charge in [-0.15, -0.1) is 0 Å². The second-order valence-electron chi connectivity index (χ2n) is 5.71. The Hall–Kier alpha value is -2.52. The van der Waals surface area contributed by atoms with Crippen molar-refractivity contribution in [1.82, 2.24) is 20.7 Å². The number of oxazole rings is 1. The Kier molecular flexibility index (Phi) is 5.25. The molecular formula is C16H18F2N4O3. The topological polar surface area (TPSA) is 79.6 Å². The van der Waals surface area contributed by atoms with Crippen LogP contribution in [0.25, 0.3) is 0 Å². The SMILES string of the molecule is CN(CC1CCNN1)C(=O)c1coc(COc2cccc(F)c2F)n1. The van der Waals surface area contributed by atoms with Crippen LogP contribution in [0, 0.1) is 11.6 Å².